The van der Waals surface area contributed by atoms with Gasteiger partial charge in [0.05, 0.1) is 5.52 Å². The van der Waals surface area contributed by atoms with Gasteiger partial charge in [0.25, 0.3) is 0 Å². The molecule has 4 aromatic rings. The number of rotatable bonds is 8. The van der Waals surface area contributed by atoms with Crippen molar-refractivity contribution in [3.63, 3.8) is 0 Å². The summed E-state index contributed by atoms with van der Waals surface area (Å²) in [4.78, 5) is 41.6. The topological polar surface area (TPSA) is 97.2 Å². The molecule has 0 spiro atoms. The molecule has 3 aromatic carbocycles. The first-order chi connectivity index (χ1) is 18.4. The summed E-state index contributed by atoms with van der Waals surface area (Å²) in [5.41, 5.74) is 4.13. The van der Waals surface area contributed by atoms with E-state index in [0.29, 0.717) is 16.8 Å². The molecule has 0 aliphatic heterocycles. The van der Waals surface area contributed by atoms with Crippen molar-refractivity contribution in [3.05, 3.63) is 89.5 Å². The summed E-state index contributed by atoms with van der Waals surface area (Å²) in [5, 5.41) is 11.6. The monoisotopic (exact) mass is 509 g/mol. The van der Waals surface area contributed by atoms with Crippen LogP contribution in [0.3, 0.4) is 0 Å². The van der Waals surface area contributed by atoms with Crippen LogP contribution in [0.25, 0.3) is 11.0 Å². The van der Waals surface area contributed by atoms with Gasteiger partial charge in [0.15, 0.2) is 5.78 Å². The first kappa shape index (κ1) is 25.3. The van der Waals surface area contributed by atoms with Crippen LogP contribution >= 0.6 is 0 Å². The SMILES string of the molecule is CC(=O)c1ccc(N(C(=O)Cn2nnc3ccccc32)[C@H](C(=O)NC2CCCC2)c2ccccc2C)cc1. The van der Waals surface area contributed by atoms with Crippen LogP contribution in [-0.2, 0) is 16.1 Å². The summed E-state index contributed by atoms with van der Waals surface area (Å²) in [6.45, 7) is 3.34. The van der Waals surface area contributed by atoms with Crippen LogP contribution in [0.5, 0.6) is 0 Å². The number of hydrogen-bond acceptors (Lipinski definition) is 5. The number of aromatic nitrogens is 3. The van der Waals surface area contributed by atoms with Crippen LogP contribution in [0.4, 0.5) is 5.69 Å². The number of nitrogens with one attached hydrogen (secondary N) is 1. The minimum absolute atomic E-state index is 0.0713. The normalized spacial score (nSPS) is 14.4. The Hall–Kier alpha value is -4.33. The maximum atomic E-state index is 14.1. The molecule has 1 saturated carbocycles. The van der Waals surface area contributed by atoms with E-state index in [2.05, 4.69) is 15.6 Å². The Kier molecular flexibility index (Phi) is 7.31. The lowest BCUT2D eigenvalue weighted by atomic mass is 9.97. The van der Waals surface area contributed by atoms with Crippen LogP contribution in [0.2, 0.25) is 0 Å². The molecule has 1 aliphatic carbocycles. The average molecular weight is 510 g/mol. The van der Waals surface area contributed by atoms with Crippen molar-refractivity contribution in [1.29, 1.82) is 0 Å². The van der Waals surface area contributed by atoms with Crippen LogP contribution in [0, 0.1) is 6.92 Å². The fourth-order valence-corrected chi connectivity index (χ4v) is 5.17. The highest BCUT2D eigenvalue weighted by Crippen LogP contribution is 2.32. The van der Waals surface area contributed by atoms with Gasteiger partial charge in [0.1, 0.15) is 18.1 Å². The average Bonchev–Trinajstić information content (AvgIpc) is 3.58. The highest BCUT2D eigenvalue weighted by Gasteiger charge is 2.35. The van der Waals surface area contributed by atoms with Gasteiger partial charge in [-0.3, -0.25) is 19.3 Å². The molecule has 2 amide bonds. The molecule has 8 nitrogen and oxygen atoms in total. The smallest absolute Gasteiger partial charge is 0.249 e. The Morgan fingerprint density at radius 1 is 0.974 bits per heavy atom. The van der Waals surface area contributed by atoms with Crippen molar-refractivity contribution >= 4 is 34.3 Å². The molecule has 1 fully saturated rings. The van der Waals surface area contributed by atoms with Crippen LogP contribution in [0.1, 0.15) is 60.1 Å². The number of fused-ring (bicyclic) bond motifs is 1. The molecule has 1 aromatic heterocycles. The summed E-state index contributed by atoms with van der Waals surface area (Å²) in [7, 11) is 0. The van der Waals surface area contributed by atoms with E-state index in [9.17, 15) is 14.4 Å². The van der Waals surface area contributed by atoms with Crippen molar-refractivity contribution in [3.8, 4) is 0 Å². The van der Waals surface area contributed by atoms with E-state index in [0.717, 1.165) is 42.3 Å². The number of hydrogen-bond donors (Lipinski definition) is 1. The van der Waals surface area contributed by atoms with Gasteiger partial charge in [-0.2, -0.15) is 0 Å². The summed E-state index contributed by atoms with van der Waals surface area (Å²) < 4.78 is 1.55. The number of carbonyl (C=O) groups excluding carboxylic acids is 3. The number of Topliss-reactive ketones (excluding diaryl/α,β-unsaturated/α-hetero) is 1. The maximum absolute atomic E-state index is 14.1. The number of ketones is 1. The maximum Gasteiger partial charge on any atom is 0.249 e. The lowest BCUT2D eigenvalue weighted by Gasteiger charge is -2.33. The molecule has 5 rings (SSSR count). The minimum Gasteiger partial charge on any atom is -0.351 e. The number of benzene rings is 3. The van der Waals surface area contributed by atoms with Gasteiger partial charge in [-0.15, -0.1) is 5.10 Å². The standard InChI is InChI=1S/C30H31N5O3/c1-20-9-3-6-12-25(20)29(30(38)31-23-10-4-5-11-23)35(24-17-15-22(16-18-24)21(2)36)28(37)19-34-27-14-8-7-13-26(27)32-33-34/h3,6-9,12-18,23,29H,4-5,10-11,19H2,1-2H3,(H,31,38)/t29-/m0/s1. The number of aryl methyl sites for hydroxylation is 1. The van der Waals surface area contributed by atoms with E-state index < -0.39 is 6.04 Å². The quantitative estimate of drug-likeness (QED) is 0.345. The molecule has 0 bridgehead atoms. The van der Waals surface area contributed by atoms with Gasteiger partial charge in [-0.1, -0.05) is 54.5 Å². The minimum atomic E-state index is -0.901. The lowest BCUT2D eigenvalue weighted by Crippen LogP contribution is -2.47. The molecule has 1 atom stereocenters. The van der Waals surface area contributed by atoms with E-state index in [-0.39, 0.29) is 30.2 Å². The van der Waals surface area contributed by atoms with Gasteiger partial charge in [0, 0.05) is 17.3 Å². The number of anilines is 1. The molecule has 194 valence electrons. The van der Waals surface area contributed by atoms with Crippen LogP contribution in [0.15, 0.2) is 72.8 Å². The molecule has 1 aliphatic rings. The second-order valence-corrected chi connectivity index (χ2v) is 9.85. The first-order valence-electron chi connectivity index (χ1n) is 13.0. The van der Waals surface area contributed by atoms with E-state index in [4.69, 9.17) is 0 Å². The third-order valence-corrected chi connectivity index (χ3v) is 7.22. The van der Waals surface area contributed by atoms with Crippen molar-refractivity contribution < 1.29 is 14.4 Å². The van der Waals surface area contributed by atoms with Gasteiger partial charge in [0.2, 0.25) is 11.8 Å². The molecule has 38 heavy (non-hydrogen) atoms. The fraction of sp³-hybridized carbons (Fsp3) is 0.300. The van der Waals surface area contributed by atoms with Crippen molar-refractivity contribution in [2.75, 3.05) is 4.90 Å². The largest absolute Gasteiger partial charge is 0.351 e. The van der Waals surface area contributed by atoms with Crippen molar-refractivity contribution in [2.45, 2.75) is 58.2 Å². The van der Waals surface area contributed by atoms with E-state index in [1.807, 2.05) is 55.5 Å². The van der Waals surface area contributed by atoms with E-state index >= 15 is 0 Å². The summed E-state index contributed by atoms with van der Waals surface area (Å²) in [5.74, 6) is -0.609. The molecule has 0 radical (unpaired) electrons. The second-order valence-electron chi connectivity index (χ2n) is 9.85. The third kappa shape index (κ3) is 5.20. The Labute approximate surface area is 221 Å². The molecule has 0 unspecified atom stereocenters. The van der Waals surface area contributed by atoms with Crippen molar-refractivity contribution in [2.24, 2.45) is 0 Å². The van der Waals surface area contributed by atoms with E-state index in [1.165, 1.54) is 11.8 Å². The zero-order valence-corrected chi connectivity index (χ0v) is 21.6. The molecular formula is C30H31N5O3. The number of amides is 2. The molecule has 1 heterocycles. The van der Waals surface area contributed by atoms with E-state index in [1.54, 1.807) is 28.9 Å². The number of para-hydroxylation sites is 1. The predicted octanol–water partition coefficient (Wildman–Crippen LogP) is 4.78. The van der Waals surface area contributed by atoms with Gasteiger partial charge >= 0.3 is 0 Å². The Bertz CT molecular complexity index is 1470. The Morgan fingerprint density at radius 2 is 1.66 bits per heavy atom. The van der Waals surface area contributed by atoms with Gasteiger partial charge in [-0.25, -0.2) is 4.68 Å². The highest BCUT2D eigenvalue weighted by molar-refractivity contribution is 6.02. The summed E-state index contributed by atoms with van der Waals surface area (Å²) in [6.07, 6.45) is 4.01. The molecule has 1 N–H and O–H groups in total. The third-order valence-electron chi connectivity index (χ3n) is 7.22. The van der Waals surface area contributed by atoms with Gasteiger partial charge < -0.3 is 5.32 Å². The predicted molar refractivity (Wildman–Crippen MR) is 146 cm³/mol. The Morgan fingerprint density at radius 3 is 2.37 bits per heavy atom. The number of carbonyl (C=O) groups is 3. The zero-order valence-electron chi connectivity index (χ0n) is 21.6. The molecule has 8 heteroatoms. The number of nitrogens with zero attached hydrogens (tertiary/aromatic N) is 4. The fourth-order valence-electron chi connectivity index (χ4n) is 5.17. The Balaban J connectivity index is 1.59. The lowest BCUT2D eigenvalue weighted by molar-refractivity contribution is -0.127. The van der Waals surface area contributed by atoms with Crippen LogP contribution < -0.4 is 10.2 Å². The zero-order chi connectivity index (χ0) is 26.6. The first-order valence-corrected chi connectivity index (χ1v) is 13.0. The van der Waals surface area contributed by atoms with Crippen LogP contribution in [-0.4, -0.2) is 38.6 Å². The second kappa shape index (κ2) is 11.0. The van der Waals surface area contributed by atoms with Crippen molar-refractivity contribution in [1.82, 2.24) is 20.3 Å². The summed E-state index contributed by atoms with van der Waals surface area (Å²) >= 11 is 0. The molecular weight excluding hydrogens is 478 g/mol. The van der Waals surface area contributed by atoms with Gasteiger partial charge in [-0.05, 0) is 74.2 Å². The summed E-state index contributed by atoms with van der Waals surface area (Å²) in [6, 6.07) is 21.1. The molecule has 0 saturated heterocycles. The highest BCUT2D eigenvalue weighted by atomic mass is 16.2.